The fourth-order valence-electron chi connectivity index (χ4n) is 2.00. The maximum absolute atomic E-state index is 13.8. The summed E-state index contributed by atoms with van der Waals surface area (Å²) in [7, 11) is 0. The Kier molecular flexibility index (Phi) is 5.31. The van der Waals surface area contributed by atoms with Gasteiger partial charge in [-0.05, 0) is 42.3 Å². The Morgan fingerprint density at radius 1 is 1.19 bits per heavy atom. The molecule has 0 bridgehead atoms. The number of halogens is 3. The van der Waals surface area contributed by atoms with Crippen LogP contribution in [0.5, 0.6) is 5.75 Å². The number of hydrogen-bond acceptors (Lipinski definition) is 2. The van der Waals surface area contributed by atoms with Crippen molar-refractivity contribution in [3.8, 4) is 5.75 Å². The smallest absolute Gasteiger partial charge is 0.165 e. The minimum Gasteiger partial charge on any atom is -0.481 e. The van der Waals surface area contributed by atoms with Crippen LogP contribution in [0.4, 0.5) is 8.78 Å². The van der Waals surface area contributed by atoms with Crippen molar-refractivity contribution in [2.24, 2.45) is 5.73 Å². The third-order valence-electron chi connectivity index (χ3n) is 3.18. The minimum atomic E-state index is -0.616. The van der Waals surface area contributed by atoms with Gasteiger partial charge in [0.1, 0.15) is 11.9 Å². The quantitative estimate of drug-likeness (QED) is 0.851. The molecule has 0 amide bonds. The van der Waals surface area contributed by atoms with E-state index in [2.05, 4.69) is 15.9 Å². The lowest BCUT2D eigenvalue weighted by atomic mass is 10.0. The molecule has 2 rings (SSSR count). The van der Waals surface area contributed by atoms with E-state index in [1.165, 1.54) is 24.3 Å². The van der Waals surface area contributed by atoms with Crippen molar-refractivity contribution in [1.29, 1.82) is 0 Å². The Hall–Kier alpha value is -1.46. The SMILES string of the molecule is CCC(N)C(Oc1cc(Br)ccc1F)c1cccc(F)c1. The molecule has 21 heavy (non-hydrogen) atoms. The van der Waals surface area contributed by atoms with Crippen LogP contribution >= 0.6 is 15.9 Å². The molecule has 2 nitrogen and oxygen atoms in total. The Balaban J connectivity index is 2.35. The van der Waals surface area contributed by atoms with Gasteiger partial charge in [0, 0.05) is 10.5 Å². The Morgan fingerprint density at radius 2 is 1.95 bits per heavy atom. The van der Waals surface area contributed by atoms with Crippen LogP contribution in [-0.2, 0) is 0 Å². The second kappa shape index (κ2) is 7.00. The van der Waals surface area contributed by atoms with Gasteiger partial charge < -0.3 is 10.5 Å². The summed E-state index contributed by atoms with van der Waals surface area (Å²) in [6, 6.07) is 10.1. The highest BCUT2D eigenvalue weighted by Crippen LogP contribution is 2.30. The first-order valence-corrected chi connectivity index (χ1v) is 7.43. The molecule has 2 aromatic rings. The zero-order chi connectivity index (χ0) is 15.4. The average molecular weight is 356 g/mol. The van der Waals surface area contributed by atoms with E-state index in [1.54, 1.807) is 18.2 Å². The monoisotopic (exact) mass is 355 g/mol. The summed E-state index contributed by atoms with van der Waals surface area (Å²) >= 11 is 3.27. The molecule has 0 heterocycles. The highest BCUT2D eigenvalue weighted by Gasteiger charge is 2.22. The van der Waals surface area contributed by atoms with Crippen molar-refractivity contribution < 1.29 is 13.5 Å². The van der Waals surface area contributed by atoms with Crippen molar-refractivity contribution in [1.82, 2.24) is 0 Å². The molecule has 0 radical (unpaired) electrons. The highest BCUT2D eigenvalue weighted by atomic mass is 79.9. The molecule has 0 aliphatic rings. The summed E-state index contributed by atoms with van der Waals surface area (Å²) in [6.45, 7) is 1.90. The van der Waals surface area contributed by atoms with Gasteiger partial charge in [-0.3, -0.25) is 0 Å². The maximum atomic E-state index is 13.8. The third-order valence-corrected chi connectivity index (χ3v) is 3.68. The summed E-state index contributed by atoms with van der Waals surface area (Å²) in [6.07, 6.45) is 0.00562. The molecular weight excluding hydrogens is 340 g/mol. The number of ether oxygens (including phenoxy) is 1. The largest absolute Gasteiger partial charge is 0.481 e. The summed E-state index contributed by atoms with van der Waals surface area (Å²) in [4.78, 5) is 0. The maximum Gasteiger partial charge on any atom is 0.165 e. The summed E-state index contributed by atoms with van der Waals surface area (Å²) in [5.74, 6) is -0.774. The molecule has 0 saturated heterocycles. The molecule has 0 aromatic heterocycles. The lowest BCUT2D eigenvalue weighted by Crippen LogP contribution is -2.31. The molecule has 2 unspecified atom stereocenters. The molecule has 112 valence electrons. The summed E-state index contributed by atoms with van der Waals surface area (Å²) in [5, 5.41) is 0. The standard InChI is InChI=1S/C16H16BrF2NO/c1-2-14(20)16(10-4-3-5-12(18)8-10)21-15-9-11(17)6-7-13(15)19/h3-9,14,16H,2,20H2,1H3. The van der Waals surface area contributed by atoms with Gasteiger partial charge in [-0.2, -0.15) is 0 Å². The highest BCUT2D eigenvalue weighted by molar-refractivity contribution is 9.10. The van der Waals surface area contributed by atoms with Crippen molar-refractivity contribution >= 4 is 15.9 Å². The van der Waals surface area contributed by atoms with Gasteiger partial charge in [0.25, 0.3) is 0 Å². The second-order valence-corrected chi connectivity index (χ2v) is 5.66. The van der Waals surface area contributed by atoms with Gasteiger partial charge in [0.15, 0.2) is 11.6 Å². The first-order valence-electron chi connectivity index (χ1n) is 6.64. The molecular formula is C16H16BrF2NO. The molecule has 0 spiro atoms. The Bertz CT molecular complexity index is 621. The van der Waals surface area contributed by atoms with Gasteiger partial charge >= 0.3 is 0 Å². The van der Waals surface area contributed by atoms with E-state index >= 15 is 0 Å². The van der Waals surface area contributed by atoms with Crippen LogP contribution in [0.1, 0.15) is 25.0 Å². The van der Waals surface area contributed by atoms with E-state index in [9.17, 15) is 8.78 Å². The fraction of sp³-hybridized carbons (Fsp3) is 0.250. The zero-order valence-electron chi connectivity index (χ0n) is 11.5. The molecule has 0 aliphatic carbocycles. The average Bonchev–Trinajstić information content (AvgIpc) is 2.47. The van der Waals surface area contributed by atoms with Crippen LogP contribution in [0.3, 0.4) is 0 Å². The summed E-state index contributed by atoms with van der Waals surface area (Å²) in [5.41, 5.74) is 6.64. The number of rotatable bonds is 5. The molecule has 2 atom stereocenters. The van der Waals surface area contributed by atoms with Crippen molar-refractivity contribution in [2.75, 3.05) is 0 Å². The molecule has 0 aliphatic heterocycles. The van der Waals surface area contributed by atoms with Crippen LogP contribution in [0, 0.1) is 11.6 Å². The Morgan fingerprint density at radius 3 is 2.62 bits per heavy atom. The molecule has 0 fully saturated rings. The summed E-state index contributed by atoms with van der Waals surface area (Å²) < 4.78 is 33.7. The Labute approximate surface area is 131 Å². The number of nitrogens with two attached hydrogens (primary N) is 1. The predicted octanol–water partition coefficient (Wildman–Crippen LogP) is 4.58. The lowest BCUT2D eigenvalue weighted by molar-refractivity contribution is 0.163. The van der Waals surface area contributed by atoms with Crippen LogP contribution in [0.2, 0.25) is 0 Å². The first kappa shape index (κ1) is 15.9. The molecule has 5 heteroatoms. The third kappa shape index (κ3) is 4.02. The van der Waals surface area contributed by atoms with Crippen LogP contribution in [0.15, 0.2) is 46.9 Å². The molecule has 0 saturated carbocycles. The lowest BCUT2D eigenvalue weighted by Gasteiger charge is -2.25. The van der Waals surface area contributed by atoms with Crippen molar-refractivity contribution in [2.45, 2.75) is 25.5 Å². The predicted molar refractivity (Wildman–Crippen MR) is 82.1 cm³/mol. The van der Waals surface area contributed by atoms with E-state index in [-0.39, 0.29) is 17.6 Å². The van der Waals surface area contributed by atoms with Gasteiger partial charge in [0.05, 0.1) is 0 Å². The number of hydrogen-bond donors (Lipinski definition) is 1. The normalized spacial score (nSPS) is 13.8. The van der Waals surface area contributed by atoms with E-state index in [1.807, 2.05) is 6.92 Å². The van der Waals surface area contributed by atoms with Crippen LogP contribution in [0.25, 0.3) is 0 Å². The van der Waals surface area contributed by atoms with Gasteiger partial charge in [0.2, 0.25) is 0 Å². The van der Waals surface area contributed by atoms with E-state index in [4.69, 9.17) is 10.5 Å². The topological polar surface area (TPSA) is 35.2 Å². The van der Waals surface area contributed by atoms with Crippen molar-refractivity contribution in [3.05, 3.63) is 64.1 Å². The van der Waals surface area contributed by atoms with Gasteiger partial charge in [-0.1, -0.05) is 35.0 Å². The fourth-order valence-corrected chi connectivity index (χ4v) is 2.34. The first-order chi connectivity index (χ1) is 10.0. The minimum absolute atomic E-state index is 0.0857. The van der Waals surface area contributed by atoms with E-state index in [0.717, 1.165) is 0 Å². The second-order valence-electron chi connectivity index (χ2n) is 4.74. The zero-order valence-corrected chi connectivity index (χ0v) is 13.1. The van der Waals surface area contributed by atoms with Gasteiger partial charge in [-0.25, -0.2) is 8.78 Å². The van der Waals surface area contributed by atoms with E-state index in [0.29, 0.717) is 16.5 Å². The molecule has 2 N–H and O–H groups in total. The van der Waals surface area contributed by atoms with Crippen LogP contribution < -0.4 is 10.5 Å². The van der Waals surface area contributed by atoms with Crippen LogP contribution in [-0.4, -0.2) is 6.04 Å². The number of benzene rings is 2. The van der Waals surface area contributed by atoms with Crippen molar-refractivity contribution in [3.63, 3.8) is 0 Å². The molecule has 2 aromatic carbocycles. The van der Waals surface area contributed by atoms with E-state index < -0.39 is 11.9 Å². The van der Waals surface area contributed by atoms with Gasteiger partial charge in [-0.15, -0.1) is 0 Å².